The van der Waals surface area contributed by atoms with Crippen molar-refractivity contribution in [2.45, 2.75) is 20.4 Å². The van der Waals surface area contributed by atoms with Gasteiger partial charge in [-0.2, -0.15) is 5.10 Å². The van der Waals surface area contributed by atoms with Crippen LogP contribution in [-0.4, -0.2) is 31.7 Å². The summed E-state index contributed by atoms with van der Waals surface area (Å²) < 4.78 is 0. The Hall–Kier alpha value is -4.29. The lowest BCUT2D eigenvalue weighted by Crippen LogP contribution is -2.13. The van der Waals surface area contributed by atoms with Gasteiger partial charge in [0, 0.05) is 35.5 Å². The molecule has 0 atom stereocenters. The van der Waals surface area contributed by atoms with Crippen molar-refractivity contribution < 1.29 is 0 Å². The Kier molecular flexibility index (Phi) is 5.35. The molecule has 0 saturated carbocycles. The third-order valence-corrected chi connectivity index (χ3v) is 6.58. The number of nitrogens with one attached hydrogen (secondary N) is 3. The Morgan fingerprint density at radius 3 is 2.60 bits per heavy atom. The fourth-order valence-corrected chi connectivity index (χ4v) is 4.65. The van der Waals surface area contributed by atoms with E-state index in [0.29, 0.717) is 0 Å². The molecule has 3 heterocycles. The van der Waals surface area contributed by atoms with Crippen LogP contribution >= 0.6 is 0 Å². The zero-order chi connectivity index (χ0) is 23.8. The number of pyridine rings is 1. The van der Waals surface area contributed by atoms with Crippen LogP contribution < -0.4 is 5.32 Å². The van der Waals surface area contributed by atoms with Crippen molar-refractivity contribution in [1.82, 2.24) is 30.5 Å². The second-order valence-corrected chi connectivity index (χ2v) is 8.74. The number of aromatic nitrogens is 5. The molecule has 3 N–H and O–H groups in total. The second-order valence-electron chi connectivity index (χ2n) is 8.74. The second kappa shape index (κ2) is 8.81. The fourth-order valence-electron chi connectivity index (χ4n) is 4.65. The van der Waals surface area contributed by atoms with E-state index in [1.807, 2.05) is 18.5 Å². The molecule has 172 valence electrons. The number of hydrogen-bond donors (Lipinski definition) is 3. The third-order valence-electron chi connectivity index (χ3n) is 6.58. The predicted octanol–water partition coefficient (Wildman–Crippen LogP) is 6.25. The maximum Gasteiger partial charge on any atom is 0.159 e. The summed E-state index contributed by atoms with van der Waals surface area (Å²) in [6.07, 6.45) is 3.89. The maximum absolute atomic E-state index is 4.99. The number of benzene rings is 3. The van der Waals surface area contributed by atoms with Crippen molar-refractivity contribution in [2.24, 2.45) is 0 Å². The summed E-state index contributed by atoms with van der Waals surface area (Å²) in [4.78, 5) is 13.0. The first-order valence-electron chi connectivity index (χ1n) is 11.9. The number of para-hydroxylation sites is 1. The lowest BCUT2D eigenvalue weighted by Gasteiger charge is -2.11. The summed E-state index contributed by atoms with van der Waals surface area (Å²) in [5, 5.41) is 12.2. The molecule has 0 aliphatic heterocycles. The van der Waals surface area contributed by atoms with E-state index >= 15 is 0 Å². The van der Waals surface area contributed by atoms with Crippen molar-refractivity contribution >= 4 is 21.9 Å². The van der Waals surface area contributed by atoms with E-state index in [1.165, 1.54) is 11.1 Å². The van der Waals surface area contributed by atoms with Gasteiger partial charge in [0.15, 0.2) is 5.82 Å². The van der Waals surface area contributed by atoms with Gasteiger partial charge in [-0.25, -0.2) is 4.98 Å². The van der Waals surface area contributed by atoms with Crippen LogP contribution in [0.2, 0.25) is 0 Å². The zero-order valence-corrected chi connectivity index (χ0v) is 19.8. The lowest BCUT2D eigenvalue weighted by molar-refractivity contribution is 0.721. The molecule has 0 spiro atoms. The van der Waals surface area contributed by atoms with Crippen LogP contribution in [0.1, 0.15) is 18.1 Å². The number of rotatable bonds is 6. The van der Waals surface area contributed by atoms with Gasteiger partial charge in [-0.05, 0) is 53.9 Å². The molecular weight excluding hydrogens is 432 g/mol. The zero-order valence-electron chi connectivity index (χ0n) is 19.8. The minimum atomic E-state index is 0.752. The Labute approximate surface area is 203 Å². The highest BCUT2D eigenvalue weighted by Gasteiger charge is 2.16. The Balaban J connectivity index is 1.46. The monoisotopic (exact) mass is 458 g/mol. The molecule has 6 nitrogen and oxygen atoms in total. The number of imidazole rings is 1. The summed E-state index contributed by atoms with van der Waals surface area (Å²) in [7, 11) is 0. The first-order valence-corrected chi connectivity index (χ1v) is 11.9. The molecule has 6 aromatic rings. The van der Waals surface area contributed by atoms with Gasteiger partial charge in [0.1, 0.15) is 5.69 Å². The molecular formula is C29H26N6. The minimum Gasteiger partial charge on any atom is -0.337 e. The lowest BCUT2D eigenvalue weighted by atomic mass is 9.98. The molecule has 6 heteroatoms. The van der Waals surface area contributed by atoms with Crippen LogP contribution in [0, 0.1) is 6.92 Å². The molecule has 3 aromatic carbocycles. The van der Waals surface area contributed by atoms with E-state index in [2.05, 4.69) is 100.0 Å². The Morgan fingerprint density at radius 1 is 0.857 bits per heavy atom. The van der Waals surface area contributed by atoms with E-state index in [0.717, 1.165) is 68.8 Å². The smallest absolute Gasteiger partial charge is 0.159 e. The van der Waals surface area contributed by atoms with Crippen molar-refractivity contribution in [2.75, 3.05) is 6.54 Å². The van der Waals surface area contributed by atoms with Gasteiger partial charge in [0.2, 0.25) is 0 Å². The van der Waals surface area contributed by atoms with Gasteiger partial charge in [0.25, 0.3) is 0 Å². The standard InChI is InChI=1S/C29H26N6/c1-3-30-15-21-16-31-17-24(18(21)2)20-12-13-25-23(14-20)28(35-34-25)29-32-26-11-7-10-22(27(26)33-29)19-8-5-4-6-9-19/h4-14,16-17,30H,3,15H2,1-2H3,(H,32,33)(H,34,35). The molecule has 0 unspecified atom stereocenters. The minimum absolute atomic E-state index is 0.752. The first kappa shape index (κ1) is 21.3. The first-order chi connectivity index (χ1) is 17.2. The van der Waals surface area contributed by atoms with Gasteiger partial charge in [-0.15, -0.1) is 0 Å². The highest BCUT2D eigenvalue weighted by atomic mass is 15.1. The van der Waals surface area contributed by atoms with Crippen molar-refractivity contribution in [1.29, 1.82) is 0 Å². The summed E-state index contributed by atoms with van der Waals surface area (Å²) in [5.41, 5.74) is 10.7. The molecule has 0 fully saturated rings. The van der Waals surface area contributed by atoms with Crippen LogP contribution in [0.25, 0.3) is 55.7 Å². The highest BCUT2D eigenvalue weighted by Crippen LogP contribution is 2.34. The van der Waals surface area contributed by atoms with Crippen LogP contribution in [0.3, 0.4) is 0 Å². The summed E-state index contributed by atoms with van der Waals surface area (Å²) >= 11 is 0. The van der Waals surface area contributed by atoms with Gasteiger partial charge >= 0.3 is 0 Å². The van der Waals surface area contributed by atoms with Crippen LogP contribution in [0.5, 0.6) is 0 Å². The molecule has 0 radical (unpaired) electrons. The van der Waals surface area contributed by atoms with Crippen LogP contribution in [-0.2, 0) is 6.54 Å². The number of H-pyrrole nitrogens is 2. The van der Waals surface area contributed by atoms with Crippen LogP contribution in [0.4, 0.5) is 0 Å². The molecule has 0 aliphatic carbocycles. The van der Waals surface area contributed by atoms with E-state index in [-0.39, 0.29) is 0 Å². The van der Waals surface area contributed by atoms with Crippen molar-refractivity contribution in [3.05, 3.63) is 90.3 Å². The van der Waals surface area contributed by atoms with E-state index < -0.39 is 0 Å². The predicted molar refractivity (Wildman–Crippen MR) is 142 cm³/mol. The van der Waals surface area contributed by atoms with E-state index in [9.17, 15) is 0 Å². The topological polar surface area (TPSA) is 82.3 Å². The number of fused-ring (bicyclic) bond motifs is 2. The molecule has 0 bridgehead atoms. The fraction of sp³-hybridized carbons (Fsp3) is 0.138. The molecule has 35 heavy (non-hydrogen) atoms. The normalized spacial score (nSPS) is 11.5. The SMILES string of the molecule is CCNCc1cncc(-c2ccc3[nH]nc(-c4nc5c(-c6ccccc6)cccc5[nH]4)c3c2)c1C. The van der Waals surface area contributed by atoms with E-state index in [4.69, 9.17) is 4.98 Å². The highest BCUT2D eigenvalue weighted by molar-refractivity contribution is 5.98. The molecule has 0 aliphatic rings. The summed E-state index contributed by atoms with van der Waals surface area (Å²) in [5.74, 6) is 0.752. The van der Waals surface area contributed by atoms with Gasteiger partial charge in [-0.3, -0.25) is 10.1 Å². The molecule has 0 amide bonds. The number of aromatic amines is 2. The Morgan fingerprint density at radius 2 is 1.74 bits per heavy atom. The maximum atomic E-state index is 4.99. The quantitative estimate of drug-likeness (QED) is 0.275. The Bertz CT molecular complexity index is 1640. The molecule has 0 saturated heterocycles. The van der Waals surface area contributed by atoms with Gasteiger partial charge < -0.3 is 10.3 Å². The van der Waals surface area contributed by atoms with E-state index in [1.54, 1.807) is 0 Å². The number of hydrogen-bond acceptors (Lipinski definition) is 4. The average molecular weight is 459 g/mol. The summed E-state index contributed by atoms with van der Waals surface area (Å²) in [6, 6.07) is 23.0. The number of nitrogens with zero attached hydrogens (tertiary/aromatic N) is 3. The van der Waals surface area contributed by atoms with Crippen molar-refractivity contribution in [3.8, 4) is 33.8 Å². The van der Waals surface area contributed by atoms with Gasteiger partial charge in [0.05, 0.1) is 16.6 Å². The summed E-state index contributed by atoms with van der Waals surface area (Å²) in [6.45, 7) is 6.01. The largest absolute Gasteiger partial charge is 0.337 e. The van der Waals surface area contributed by atoms with Gasteiger partial charge in [-0.1, -0.05) is 55.5 Å². The van der Waals surface area contributed by atoms with Crippen LogP contribution in [0.15, 0.2) is 79.1 Å². The average Bonchev–Trinajstić information content (AvgIpc) is 3.52. The van der Waals surface area contributed by atoms with Crippen molar-refractivity contribution in [3.63, 3.8) is 0 Å². The molecule has 3 aromatic heterocycles. The molecule has 6 rings (SSSR count). The third kappa shape index (κ3) is 3.78.